The van der Waals surface area contributed by atoms with E-state index in [1.807, 2.05) is 22.8 Å². The Morgan fingerprint density at radius 1 is 1.35 bits per heavy atom. The van der Waals surface area contributed by atoms with Crippen LogP contribution in [-0.2, 0) is 17.7 Å². The van der Waals surface area contributed by atoms with E-state index < -0.39 is 0 Å². The van der Waals surface area contributed by atoms with Crippen LogP contribution in [0.3, 0.4) is 0 Å². The van der Waals surface area contributed by atoms with Crippen molar-refractivity contribution in [3.05, 3.63) is 38.9 Å². The van der Waals surface area contributed by atoms with Gasteiger partial charge in [-0.2, -0.15) is 0 Å². The molecule has 2 aliphatic rings. The molecule has 0 amide bonds. The molecule has 1 aromatic carbocycles. The van der Waals surface area contributed by atoms with Gasteiger partial charge in [0.25, 0.3) is 5.56 Å². The van der Waals surface area contributed by atoms with E-state index in [0.717, 1.165) is 54.8 Å². The maximum Gasteiger partial charge on any atom is 0.261 e. The molecule has 0 N–H and O–H groups in total. The van der Waals surface area contributed by atoms with Crippen LogP contribution < -0.4 is 5.56 Å². The molecule has 0 radical (unpaired) electrons. The van der Waals surface area contributed by atoms with Gasteiger partial charge in [-0.05, 0) is 31.0 Å². The van der Waals surface area contributed by atoms with E-state index >= 15 is 0 Å². The van der Waals surface area contributed by atoms with Gasteiger partial charge in [0.2, 0.25) is 0 Å². The van der Waals surface area contributed by atoms with Gasteiger partial charge in [-0.15, -0.1) is 0 Å². The highest BCUT2D eigenvalue weighted by atomic mass is 79.9. The second-order valence-electron chi connectivity index (χ2n) is 5.93. The zero-order valence-electron chi connectivity index (χ0n) is 11.1. The van der Waals surface area contributed by atoms with Crippen LogP contribution in [0.25, 0.3) is 10.9 Å². The van der Waals surface area contributed by atoms with E-state index in [4.69, 9.17) is 9.72 Å². The van der Waals surface area contributed by atoms with E-state index in [9.17, 15) is 4.79 Å². The lowest BCUT2D eigenvalue weighted by Crippen LogP contribution is -2.47. The molecule has 0 saturated carbocycles. The third-order valence-corrected chi connectivity index (χ3v) is 4.91. The molecule has 1 spiro atoms. The number of benzene rings is 1. The van der Waals surface area contributed by atoms with Gasteiger partial charge in [0.15, 0.2) is 0 Å². The summed E-state index contributed by atoms with van der Waals surface area (Å²) in [5, 5.41) is 0.703. The van der Waals surface area contributed by atoms with Crippen molar-refractivity contribution in [2.24, 2.45) is 5.41 Å². The Bertz CT molecular complexity index is 749. The molecule has 1 fully saturated rings. The van der Waals surface area contributed by atoms with Gasteiger partial charge < -0.3 is 4.74 Å². The summed E-state index contributed by atoms with van der Waals surface area (Å²) in [5.41, 5.74) is 1.04. The third kappa shape index (κ3) is 1.84. The second-order valence-corrected chi connectivity index (χ2v) is 6.84. The first-order chi connectivity index (χ1) is 9.67. The van der Waals surface area contributed by atoms with Gasteiger partial charge in [-0.3, -0.25) is 9.36 Å². The highest BCUT2D eigenvalue weighted by Crippen LogP contribution is 2.37. The summed E-state index contributed by atoms with van der Waals surface area (Å²) in [6.45, 7) is 2.30. The first-order valence-electron chi connectivity index (χ1n) is 6.94. The molecule has 1 saturated heterocycles. The Labute approximate surface area is 124 Å². The van der Waals surface area contributed by atoms with Gasteiger partial charge in [0, 0.05) is 22.9 Å². The number of rotatable bonds is 0. The molecule has 4 rings (SSSR count). The fourth-order valence-electron chi connectivity index (χ4n) is 3.26. The number of ether oxygens (including phenoxy) is 1. The molecular weight excluding hydrogens is 320 g/mol. The van der Waals surface area contributed by atoms with Gasteiger partial charge in [-0.25, -0.2) is 4.98 Å². The average Bonchev–Trinajstić information content (AvgIpc) is 2.58. The number of hydrogen-bond acceptors (Lipinski definition) is 3. The number of halogens is 1. The quantitative estimate of drug-likeness (QED) is 0.743. The maximum absolute atomic E-state index is 12.7. The van der Waals surface area contributed by atoms with Crippen LogP contribution in [0.15, 0.2) is 27.5 Å². The van der Waals surface area contributed by atoms with Crippen molar-refractivity contribution in [3.8, 4) is 0 Å². The smallest absolute Gasteiger partial charge is 0.261 e. The first kappa shape index (κ1) is 12.5. The molecule has 0 unspecified atom stereocenters. The third-order valence-electron chi connectivity index (χ3n) is 4.41. The Kier molecular flexibility index (Phi) is 2.76. The van der Waals surface area contributed by atoms with Crippen molar-refractivity contribution < 1.29 is 4.74 Å². The van der Waals surface area contributed by atoms with E-state index in [1.54, 1.807) is 0 Å². The predicted octanol–water partition coefficient (Wildman–Crippen LogP) is 2.51. The van der Waals surface area contributed by atoms with Crippen molar-refractivity contribution >= 4 is 26.8 Å². The fourth-order valence-corrected chi connectivity index (χ4v) is 3.61. The summed E-state index contributed by atoms with van der Waals surface area (Å²) >= 11 is 3.44. The van der Waals surface area contributed by atoms with Crippen molar-refractivity contribution in [1.29, 1.82) is 0 Å². The lowest BCUT2D eigenvalue weighted by Gasteiger charge is -2.41. The lowest BCUT2D eigenvalue weighted by atomic mass is 9.81. The summed E-state index contributed by atoms with van der Waals surface area (Å²) < 4.78 is 8.23. The van der Waals surface area contributed by atoms with Crippen LogP contribution in [0.2, 0.25) is 0 Å². The van der Waals surface area contributed by atoms with Crippen molar-refractivity contribution in [2.75, 3.05) is 13.2 Å². The Hall–Kier alpha value is -1.20. The number of nitrogens with zero attached hydrogens (tertiary/aromatic N) is 2. The van der Waals surface area contributed by atoms with Crippen LogP contribution in [0.4, 0.5) is 0 Å². The average molecular weight is 335 g/mol. The highest BCUT2D eigenvalue weighted by molar-refractivity contribution is 9.10. The summed E-state index contributed by atoms with van der Waals surface area (Å²) in [4.78, 5) is 17.4. The van der Waals surface area contributed by atoms with Crippen LogP contribution in [0.5, 0.6) is 0 Å². The molecule has 2 aromatic rings. The minimum Gasteiger partial charge on any atom is -0.380 e. The molecule has 1 aromatic heterocycles. The molecule has 2 aliphatic heterocycles. The molecule has 5 heteroatoms. The maximum atomic E-state index is 12.7. The van der Waals surface area contributed by atoms with Crippen molar-refractivity contribution in [3.63, 3.8) is 0 Å². The normalized spacial score (nSPS) is 20.4. The van der Waals surface area contributed by atoms with Gasteiger partial charge in [-0.1, -0.05) is 15.9 Å². The molecular formula is C15H15BrN2O2. The molecule has 0 atom stereocenters. The van der Waals surface area contributed by atoms with Crippen molar-refractivity contribution in [1.82, 2.24) is 9.55 Å². The van der Waals surface area contributed by atoms with Crippen molar-refractivity contribution in [2.45, 2.75) is 25.8 Å². The van der Waals surface area contributed by atoms with E-state index in [2.05, 4.69) is 15.9 Å². The second kappa shape index (κ2) is 4.40. The van der Waals surface area contributed by atoms with Crippen LogP contribution in [0.1, 0.15) is 18.7 Å². The summed E-state index contributed by atoms with van der Waals surface area (Å²) in [6, 6.07) is 5.68. The standard InChI is InChI=1S/C15H15BrN2O2/c16-10-3-4-11-12(6-10)17-13-2-1-5-15(8-20-9-15)7-18(13)14(11)19/h3-4,6H,1-2,5,7-9H2. The monoisotopic (exact) mass is 334 g/mol. The Balaban J connectivity index is 1.93. The number of aromatic nitrogens is 2. The molecule has 3 heterocycles. The molecule has 20 heavy (non-hydrogen) atoms. The predicted molar refractivity (Wildman–Crippen MR) is 79.9 cm³/mol. The number of hydrogen-bond donors (Lipinski definition) is 0. The molecule has 104 valence electrons. The Morgan fingerprint density at radius 3 is 2.95 bits per heavy atom. The molecule has 0 aliphatic carbocycles. The lowest BCUT2D eigenvalue weighted by molar-refractivity contribution is -0.125. The molecule has 4 nitrogen and oxygen atoms in total. The summed E-state index contributed by atoms with van der Waals surface area (Å²) in [6.07, 6.45) is 3.07. The fraction of sp³-hybridized carbons (Fsp3) is 0.467. The summed E-state index contributed by atoms with van der Waals surface area (Å²) in [7, 11) is 0. The zero-order chi connectivity index (χ0) is 13.7. The highest BCUT2D eigenvalue weighted by Gasteiger charge is 2.40. The minimum absolute atomic E-state index is 0.0886. The Morgan fingerprint density at radius 2 is 2.20 bits per heavy atom. The largest absolute Gasteiger partial charge is 0.380 e. The van der Waals surface area contributed by atoms with Crippen LogP contribution in [0, 0.1) is 5.41 Å². The van der Waals surface area contributed by atoms with Gasteiger partial charge >= 0.3 is 0 Å². The van der Waals surface area contributed by atoms with E-state index in [1.165, 1.54) is 0 Å². The number of aryl methyl sites for hydroxylation is 1. The topological polar surface area (TPSA) is 44.1 Å². The SMILES string of the molecule is O=c1c2ccc(Br)cc2nc2n1CC1(CCC2)COC1. The van der Waals surface area contributed by atoms with Gasteiger partial charge in [0.1, 0.15) is 5.82 Å². The van der Waals surface area contributed by atoms with Crippen LogP contribution >= 0.6 is 15.9 Å². The summed E-state index contributed by atoms with van der Waals surface area (Å²) in [5.74, 6) is 0.921. The minimum atomic E-state index is 0.0886. The van der Waals surface area contributed by atoms with E-state index in [0.29, 0.717) is 5.39 Å². The van der Waals surface area contributed by atoms with E-state index in [-0.39, 0.29) is 11.0 Å². The first-order valence-corrected chi connectivity index (χ1v) is 7.73. The molecule has 0 bridgehead atoms. The van der Waals surface area contributed by atoms with Gasteiger partial charge in [0.05, 0.1) is 24.1 Å². The van der Waals surface area contributed by atoms with Crippen LogP contribution in [-0.4, -0.2) is 22.8 Å². The zero-order valence-corrected chi connectivity index (χ0v) is 12.6. The number of fused-ring (bicyclic) bond motifs is 2.